The fourth-order valence-corrected chi connectivity index (χ4v) is 4.51. The van der Waals surface area contributed by atoms with Crippen molar-refractivity contribution >= 4 is 40.8 Å². The molecule has 5 rings (SSSR count). The van der Waals surface area contributed by atoms with Crippen molar-refractivity contribution in [3.05, 3.63) is 85.1 Å². The Morgan fingerprint density at radius 2 is 1.62 bits per heavy atom. The van der Waals surface area contributed by atoms with E-state index in [0.29, 0.717) is 16.3 Å². The van der Waals surface area contributed by atoms with Crippen LogP contribution in [0, 0.1) is 0 Å². The quantitative estimate of drug-likeness (QED) is 0.115. The first-order valence-corrected chi connectivity index (χ1v) is 14.2. The van der Waals surface area contributed by atoms with E-state index >= 15 is 0 Å². The van der Waals surface area contributed by atoms with E-state index in [1.807, 2.05) is 12.1 Å². The molecule has 236 valence electrons. The van der Waals surface area contributed by atoms with Gasteiger partial charge in [0, 0.05) is 29.4 Å². The second-order valence-electron chi connectivity index (χ2n) is 10.1. The Kier molecular flexibility index (Phi) is 9.09. The van der Waals surface area contributed by atoms with Gasteiger partial charge >= 0.3 is 12.2 Å². The van der Waals surface area contributed by atoms with Crippen molar-refractivity contribution in [2.24, 2.45) is 0 Å². The van der Waals surface area contributed by atoms with E-state index in [-0.39, 0.29) is 43.0 Å². The van der Waals surface area contributed by atoms with Crippen LogP contribution in [-0.4, -0.2) is 53.3 Å². The molecule has 0 bridgehead atoms. The fourth-order valence-electron chi connectivity index (χ4n) is 4.39. The van der Waals surface area contributed by atoms with Gasteiger partial charge in [-0.3, -0.25) is 14.4 Å². The van der Waals surface area contributed by atoms with E-state index in [4.69, 9.17) is 21.1 Å². The Morgan fingerprint density at radius 1 is 0.933 bits per heavy atom. The second kappa shape index (κ2) is 13.0. The van der Waals surface area contributed by atoms with Crippen LogP contribution in [0.1, 0.15) is 35.7 Å². The maximum absolute atomic E-state index is 12.8. The number of nitrogens with one attached hydrogen (secondary N) is 4. The SMILES string of the molecule is CCOc1c(NCCNC(=O)c2ccc(Nc3nc(NC4(c5ccc(Cl)cc5)CC4)nc(OCC(F)(F)F)n3)cc2)c(=O)c1=O. The largest absolute Gasteiger partial charge is 0.488 e. The van der Waals surface area contributed by atoms with Crippen molar-refractivity contribution in [2.45, 2.75) is 31.5 Å². The van der Waals surface area contributed by atoms with E-state index in [2.05, 4.69) is 36.2 Å². The Balaban J connectivity index is 1.22. The fraction of sp³-hybridized carbons (Fsp3) is 0.310. The highest BCUT2D eigenvalue weighted by molar-refractivity contribution is 6.30. The maximum Gasteiger partial charge on any atom is 0.422 e. The molecule has 0 radical (unpaired) electrons. The third kappa shape index (κ3) is 7.78. The number of halogens is 4. The lowest BCUT2D eigenvalue weighted by atomic mass is 10.1. The van der Waals surface area contributed by atoms with Crippen molar-refractivity contribution in [1.29, 1.82) is 0 Å². The number of hydrogen-bond acceptors (Lipinski definition) is 11. The topological polar surface area (TPSA) is 156 Å². The van der Waals surface area contributed by atoms with Gasteiger partial charge in [-0.2, -0.15) is 28.1 Å². The monoisotopic (exact) mass is 645 g/mol. The minimum absolute atomic E-state index is 0.00867. The van der Waals surface area contributed by atoms with Crippen molar-refractivity contribution in [3.63, 3.8) is 0 Å². The molecule has 0 atom stereocenters. The number of amides is 1. The molecule has 16 heteroatoms. The van der Waals surface area contributed by atoms with Crippen LogP contribution in [0.2, 0.25) is 5.02 Å². The molecule has 1 saturated carbocycles. The number of nitrogens with zero attached hydrogens (tertiary/aromatic N) is 3. The molecular formula is C29H27ClF3N7O5. The second-order valence-corrected chi connectivity index (χ2v) is 10.5. The third-order valence-corrected chi connectivity index (χ3v) is 7.00. The van der Waals surface area contributed by atoms with Crippen LogP contribution in [0.4, 0.5) is 36.4 Å². The highest BCUT2D eigenvalue weighted by Crippen LogP contribution is 2.48. The van der Waals surface area contributed by atoms with Gasteiger partial charge in [0.05, 0.1) is 12.1 Å². The van der Waals surface area contributed by atoms with E-state index in [1.54, 1.807) is 31.2 Å². The summed E-state index contributed by atoms with van der Waals surface area (Å²) in [5.74, 6) is -0.473. The molecule has 0 saturated heterocycles. The smallest absolute Gasteiger partial charge is 0.422 e. The molecule has 4 N–H and O–H groups in total. The molecule has 0 aliphatic heterocycles. The normalized spacial score (nSPS) is 13.6. The summed E-state index contributed by atoms with van der Waals surface area (Å²) in [7, 11) is 0. The standard InChI is InChI=1S/C29H27ClF3N7O5/c1-2-44-23-20(21(41)22(23)42)34-13-14-35-24(43)16-3-9-19(10-4-16)36-25-37-26(39-27(38-25)45-15-29(31,32)33)40-28(11-12-28)17-5-7-18(30)8-6-17/h3-10,34H,2,11-15H2,1H3,(H,35,43)(H2,36,37,38,39,40). The van der Waals surface area contributed by atoms with Crippen LogP contribution in [-0.2, 0) is 5.54 Å². The van der Waals surface area contributed by atoms with Gasteiger partial charge in [0.1, 0.15) is 5.69 Å². The van der Waals surface area contributed by atoms with Gasteiger partial charge in [0.15, 0.2) is 12.4 Å². The number of aromatic nitrogens is 3. The average molecular weight is 646 g/mol. The van der Waals surface area contributed by atoms with E-state index in [9.17, 15) is 27.6 Å². The molecule has 1 amide bonds. The summed E-state index contributed by atoms with van der Waals surface area (Å²) >= 11 is 6.01. The highest BCUT2D eigenvalue weighted by Gasteiger charge is 2.45. The number of benzene rings is 2. The summed E-state index contributed by atoms with van der Waals surface area (Å²) in [6, 6.07) is 12.8. The number of hydrogen-bond donors (Lipinski definition) is 4. The number of rotatable bonds is 14. The van der Waals surface area contributed by atoms with Gasteiger partial charge < -0.3 is 30.7 Å². The minimum Gasteiger partial charge on any atom is -0.488 e. The van der Waals surface area contributed by atoms with Crippen LogP contribution in [0.25, 0.3) is 0 Å². The zero-order valence-corrected chi connectivity index (χ0v) is 24.5. The van der Waals surface area contributed by atoms with Crippen LogP contribution < -0.4 is 41.6 Å². The minimum atomic E-state index is -4.60. The number of anilines is 4. The number of carbonyl (C=O) groups is 1. The Labute approximate surface area is 259 Å². The van der Waals surface area contributed by atoms with Crippen molar-refractivity contribution in [2.75, 3.05) is 42.3 Å². The summed E-state index contributed by atoms with van der Waals surface area (Å²) < 4.78 is 48.5. The van der Waals surface area contributed by atoms with Gasteiger partial charge in [0.2, 0.25) is 11.9 Å². The predicted octanol–water partition coefficient (Wildman–Crippen LogP) is 4.15. The molecule has 0 unspecified atom stereocenters. The number of alkyl halides is 3. The first-order valence-electron chi connectivity index (χ1n) is 13.8. The third-order valence-electron chi connectivity index (χ3n) is 6.75. The van der Waals surface area contributed by atoms with Gasteiger partial charge in [-0.25, -0.2) is 0 Å². The van der Waals surface area contributed by atoms with Crippen molar-refractivity contribution in [3.8, 4) is 11.8 Å². The number of carbonyl (C=O) groups excluding carboxylic acids is 1. The molecular weight excluding hydrogens is 619 g/mol. The number of ether oxygens (including phenoxy) is 2. The first kappa shape index (κ1) is 31.5. The summed E-state index contributed by atoms with van der Waals surface area (Å²) in [6.07, 6.45) is -3.12. The molecule has 1 aliphatic rings. The van der Waals surface area contributed by atoms with Gasteiger partial charge in [-0.05, 0) is 61.7 Å². The zero-order valence-electron chi connectivity index (χ0n) is 23.8. The first-order chi connectivity index (χ1) is 21.5. The lowest BCUT2D eigenvalue weighted by molar-refractivity contribution is -0.154. The summed E-state index contributed by atoms with van der Waals surface area (Å²) in [6.45, 7) is 0.686. The van der Waals surface area contributed by atoms with Crippen molar-refractivity contribution in [1.82, 2.24) is 20.3 Å². The van der Waals surface area contributed by atoms with E-state index in [1.165, 1.54) is 12.1 Å². The molecule has 3 aromatic carbocycles. The molecule has 45 heavy (non-hydrogen) atoms. The summed E-state index contributed by atoms with van der Waals surface area (Å²) in [5.41, 5.74) is -0.0959. The summed E-state index contributed by atoms with van der Waals surface area (Å²) in [5, 5.41) is 12.1. The zero-order chi connectivity index (χ0) is 32.2. The van der Waals surface area contributed by atoms with E-state index in [0.717, 1.165) is 18.4 Å². The Morgan fingerprint density at radius 3 is 2.27 bits per heavy atom. The molecule has 0 spiro atoms. The van der Waals surface area contributed by atoms with Gasteiger partial charge in [-0.1, -0.05) is 23.7 Å². The Hall–Kier alpha value is -4.92. The Bertz CT molecular complexity index is 1740. The lowest BCUT2D eigenvalue weighted by Crippen LogP contribution is -2.37. The molecule has 1 heterocycles. The van der Waals surface area contributed by atoms with Gasteiger partial charge in [0.25, 0.3) is 16.8 Å². The van der Waals surface area contributed by atoms with Crippen LogP contribution >= 0.6 is 11.6 Å². The van der Waals surface area contributed by atoms with Crippen LogP contribution in [0.3, 0.4) is 0 Å². The molecule has 4 aromatic rings. The van der Waals surface area contributed by atoms with Crippen molar-refractivity contribution < 1.29 is 27.4 Å². The predicted molar refractivity (Wildman–Crippen MR) is 160 cm³/mol. The van der Waals surface area contributed by atoms with E-state index < -0.39 is 41.1 Å². The maximum atomic E-state index is 12.8. The lowest BCUT2D eigenvalue weighted by Gasteiger charge is -2.19. The molecule has 1 aromatic heterocycles. The molecule has 12 nitrogen and oxygen atoms in total. The van der Waals surface area contributed by atoms with Crippen LogP contribution in [0.5, 0.6) is 11.8 Å². The van der Waals surface area contributed by atoms with Gasteiger partial charge in [-0.15, -0.1) is 0 Å². The average Bonchev–Trinajstić information content (AvgIpc) is 3.79. The molecule has 1 aliphatic carbocycles. The molecule has 1 fully saturated rings. The van der Waals surface area contributed by atoms with Crippen LogP contribution in [0.15, 0.2) is 58.1 Å². The highest BCUT2D eigenvalue weighted by atomic mass is 35.5. The summed E-state index contributed by atoms with van der Waals surface area (Å²) in [4.78, 5) is 48.1.